The molecule has 1 atom stereocenters. The first kappa shape index (κ1) is 20.2. The zero-order valence-corrected chi connectivity index (χ0v) is 14.6. The van der Waals surface area contributed by atoms with Crippen LogP contribution in [0.25, 0.3) is 0 Å². The monoisotopic (exact) mass is 378 g/mol. The van der Waals surface area contributed by atoms with Gasteiger partial charge >= 0.3 is 12.1 Å². The molecule has 6 nitrogen and oxygen atoms in total. The van der Waals surface area contributed by atoms with Crippen LogP contribution in [0.4, 0.5) is 24.7 Å². The number of hydrogen-bond acceptors (Lipinski definition) is 5. The maximum Gasteiger partial charge on any atom is 0.471 e. The van der Waals surface area contributed by atoms with Crippen molar-refractivity contribution in [3.8, 4) is 11.8 Å². The molecule has 2 aromatic rings. The van der Waals surface area contributed by atoms with Crippen LogP contribution in [-0.2, 0) is 4.79 Å². The average molecular weight is 378 g/mol. The van der Waals surface area contributed by atoms with Gasteiger partial charge in [-0.05, 0) is 38.0 Å². The second kappa shape index (κ2) is 8.51. The quantitative estimate of drug-likeness (QED) is 0.712. The Bertz CT molecular complexity index is 886. The number of aromatic nitrogens is 2. The number of rotatable bonds is 4. The number of amides is 1. The molecule has 2 rings (SSSR count). The normalized spacial score (nSPS) is 11.9. The number of aliphatic hydroxyl groups is 1. The summed E-state index contributed by atoms with van der Waals surface area (Å²) in [5.74, 6) is 3.84. The number of hydrogen-bond donors (Lipinski definition) is 3. The van der Waals surface area contributed by atoms with Gasteiger partial charge in [0.15, 0.2) is 0 Å². The molecule has 3 N–H and O–H groups in total. The number of carbonyl (C=O) groups excluding carboxylic acids is 1. The van der Waals surface area contributed by atoms with E-state index in [9.17, 15) is 23.1 Å². The SMILES string of the molecule is CCNc1cc(C#Cc2nccc(C(C)O)c2NC(=O)C(F)(F)F)ccn1. The first-order valence-electron chi connectivity index (χ1n) is 7.99. The van der Waals surface area contributed by atoms with E-state index in [0.29, 0.717) is 17.9 Å². The number of nitrogens with one attached hydrogen (secondary N) is 2. The van der Waals surface area contributed by atoms with Crippen molar-refractivity contribution < 1.29 is 23.1 Å². The van der Waals surface area contributed by atoms with Crippen molar-refractivity contribution in [3.63, 3.8) is 0 Å². The standard InChI is InChI=1S/C18H17F3N4O2/c1-3-22-15-10-12(6-8-24-15)4-5-14-16(25-17(27)18(19,20)21)13(11(2)26)7-9-23-14/h6-11,26H,3H2,1-2H3,(H,22,24)(H,25,27). The first-order valence-corrected chi connectivity index (χ1v) is 7.99. The van der Waals surface area contributed by atoms with Crippen LogP contribution in [-0.4, -0.2) is 33.7 Å². The van der Waals surface area contributed by atoms with Crippen molar-refractivity contribution in [1.29, 1.82) is 0 Å². The second-order valence-electron chi connectivity index (χ2n) is 5.46. The number of alkyl halides is 3. The molecule has 0 aromatic carbocycles. The Hall–Kier alpha value is -3.12. The van der Waals surface area contributed by atoms with Crippen LogP contribution in [0.15, 0.2) is 30.6 Å². The lowest BCUT2D eigenvalue weighted by atomic mass is 10.1. The van der Waals surface area contributed by atoms with Crippen LogP contribution in [0, 0.1) is 11.8 Å². The highest BCUT2D eigenvalue weighted by Crippen LogP contribution is 2.27. The molecule has 27 heavy (non-hydrogen) atoms. The molecule has 2 heterocycles. The van der Waals surface area contributed by atoms with E-state index in [0.717, 1.165) is 0 Å². The van der Waals surface area contributed by atoms with E-state index < -0.39 is 18.2 Å². The molecule has 0 aliphatic heterocycles. The number of anilines is 2. The summed E-state index contributed by atoms with van der Waals surface area (Å²) in [6.45, 7) is 3.93. The van der Waals surface area contributed by atoms with E-state index in [1.807, 2.05) is 6.92 Å². The Balaban J connectivity index is 2.44. The summed E-state index contributed by atoms with van der Waals surface area (Å²) in [4.78, 5) is 19.4. The van der Waals surface area contributed by atoms with Gasteiger partial charge in [0.05, 0.1) is 11.8 Å². The molecule has 0 saturated heterocycles. The molecule has 0 fully saturated rings. The van der Waals surface area contributed by atoms with Crippen LogP contribution in [0.2, 0.25) is 0 Å². The molecule has 9 heteroatoms. The smallest absolute Gasteiger partial charge is 0.389 e. The van der Waals surface area contributed by atoms with Crippen molar-refractivity contribution in [3.05, 3.63) is 47.4 Å². The minimum atomic E-state index is -5.08. The molecule has 0 spiro atoms. The fraction of sp³-hybridized carbons (Fsp3) is 0.278. The summed E-state index contributed by atoms with van der Waals surface area (Å²) in [5, 5.41) is 14.6. The summed E-state index contributed by atoms with van der Waals surface area (Å²) in [6.07, 6.45) is -3.37. The zero-order chi connectivity index (χ0) is 20.0. The fourth-order valence-corrected chi connectivity index (χ4v) is 2.15. The van der Waals surface area contributed by atoms with Gasteiger partial charge in [0.25, 0.3) is 0 Å². The van der Waals surface area contributed by atoms with E-state index in [-0.39, 0.29) is 16.9 Å². The van der Waals surface area contributed by atoms with E-state index in [4.69, 9.17) is 0 Å². The van der Waals surface area contributed by atoms with Crippen molar-refractivity contribution in [2.75, 3.05) is 17.2 Å². The average Bonchev–Trinajstić information content (AvgIpc) is 2.60. The summed E-state index contributed by atoms with van der Waals surface area (Å²) in [5.41, 5.74) is 0.268. The van der Waals surface area contributed by atoms with Gasteiger partial charge in [-0.15, -0.1) is 0 Å². The Morgan fingerprint density at radius 2 is 1.96 bits per heavy atom. The molecular formula is C18H17F3N4O2. The molecule has 0 saturated carbocycles. The summed E-state index contributed by atoms with van der Waals surface area (Å²) >= 11 is 0. The third-order valence-electron chi connectivity index (χ3n) is 3.37. The maximum atomic E-state index is 12.6. The first-order chi connectivity index (χ1) is 12.7. The summed E-state index contributed by atoms with van der Waals surface area (Å²) in [7, 11) is 0. The van der Waals surface area contributed by atoms with Crippen molar-refractivity contribution in [2.24, 2.45) is 0 Å². The van der Waals surface area contributed by atoms with Crippen molar-refractivity contribution in [2.45, 2.75) is 26.1 Å². The predicted molar refractivity (Wildman–Crippen MR) is 93.9 cm³/mol. The lowest BCUT2D eigenvalue weighted by Gasteiger charge is -2.15. The highest BCUT2D eigenvalue weighted by atomic mass is 19.4. The topological polar surface area (TPSA) is 87.1 Å². The van der Waals surface area contributed by atoms with Gasteiger partial charge in [-0.1, -0.05) is 5.92 Å². The van der Waals surface area contributed by atoms with E-state index >= 15 is 0 Å². The van der Waals surface area contributed by atoms with Crippen LogP contribution in [0.1, 0.15) is 36.8 Å². The Kier molecular flexibility index (Phi) is 6.36. The van der Waals surface area contributed by atoms with Gasteiger partial charge in [0.1, 0.15) is 11.5 Å². The van der Waals surface area contributed by atoms with E-state index in [1.165, 1.54) is 25.4 Å². The molecule has 1 amide bonds. The van der Waals surface area contributed by atoms with Gasteiger partial charge in [-0.3, -0.25) is 4.79 Å². The van der Waals surface area contributed by atoms with E-state index in [1.54, 1.807) is 17.4 Å². The molecule has 0 aliphatic carbocycles. The highest BCUT2D eigenvalue weighted by Gasteiger charge is 2.39. The summed E-state index contributed by atoms with van der Waals surface area (Å²) in [6, 6.07) is 4.61. The lowest BCUT2D eigenvalue weighted by Crippen LogP contribution is -2.31. The Morgan fingerprint density at radius 3 is 2.59 bits per heavy atom. The molecule has 1 unspecified atom stereocenters. The lowest BCUT2D eigenvalue weighted by molar-refractivity contribution is -0.167. The minimum absolute atomic E-state index is 0.0787. The summed E-state index contributed by atoms with van der Waals surface area (Å²) < 4.78 is 37.9. The van der Waals surface area contributed by atoms with Crippen LogP contribution in [0.3, 0.4) is 0 Å². The van der Waals surface area contributed by atoms with Gasteiger partial charge in [-0.2, -0.15) is 13.2 Å². The predicted octanol–water partition coefficient (Wildman–Crippen LogP) is 2.86. The number of pyridine rings is 2. The number of halogens is 3. The molecule has 142 valence electrons. The number of aliphatic hydroxyl groups excluding tert-OH is 1. The largest absolute Gasteiger partial charge is 0.471 e. The van der Waals surface area contributed by atoms with E-state index in [2.05, 4.69) is 27.1 Å². The van der Waals surface area contributed by atoms with Crippen molar-refractivity contribution in [1.82, 2.24) is 9.97 Å². The molecule has 0 bridgehead atoms. The van der Waals surface area contributed by atoms with Gasteiger partial charge in [0, 0.05) is 30.1 Å². The highest BCUT2D eigenvalue weighted by molar-refractivity contribution is 5.96. The fourth-order valence-electron chi connectivity index (χ4n) is 2.15. The maximum absolute atomic E-state index is 12.6. The third kappa shape index (κ3) is 5.43. The van der Waals surface area contributed by atoms with Gasteiger partial charge in [0.2, 0.25) is 0 Å². The molecule has 2 aromatic heterocycles. The number of carbonyl (C=O) groups is 1. The molecule has 0 aliphatic rings. The molecular weight excluding hydrogens is 361 g/mol. The zero-order valence-electron chi connectivity index (χ0n) is 14.6. The third-order valence-corrected chi connectivity index (χ3v) is 3.37. The van der Waals surface area contributed by atoms with Crippen LogP contribution in [0.5, 0.6) is 0 Å². The Labute approximate surface area is 153 Å². The second-order valence-corrected chi connectivity index (χ2v) is 5.46. The van der Waals surface area contributed by atoms with Gasteiger partial charge in [-0.25, -0.2) is 9.97 Å². The minimum Gasteiger partial charge on any atom is -0.389 e. The van der Waals surface area contributed by atoms with Crippen LogP contribution >= 0.6 is 0 Å². The van der Waals surface area contributed by atoms with Crippen molar-refractivity contribution >= 4 is 17.4 Å². The molecule has 0 radical (unpaired) electrons. The Morgan fingerprint density at radius 1 is 1.26 bits per heavy atom. The van der Waals surface area contributed by atoms with Crippen LogP contribution < -0.4 is 10.6 Å². The number of nitrogens with zero attached hydrogens (tertiary/aromatic N) is 2. The van der Waals surface area contributed by atoms with Gasteiger partial charge < -0.3 is 15.7 Å².